The number of halogens is 1. The van der Waals surface area contributed by atoms with Crippen molar-refractivity contribution in [3.05, 3.63) is 29.6 Å². The summed E-state index contributed by atoms with van der Waals surface area (Å²) in [5, 5.41) is 3.34. The van der Waals surface area contributed by atoms with E-state index in [4.69, 9.17) is 4.74 Å². The van der Waals surface area contributed by atoms with Crippen LogP contribution < -0.4 is 10.1 Å². The van der Waals surface area contributed by atoms with Gasteiger partial charge in [-0.25, -0.2) is 4.39 Å². The normalized spacial score (nSPS) is 21.5. The fourth-order valence-electron chi connectivity index (χ4n) is 2.24. The minimum Gasteiger partial charge on any atom is -0.493 e. The largest absolute Gasteiger partial charge is 0.493 e. The number of nitrogens with zero attached hydrogens (tertiary/aromatic N) is 1. The van der Waals surface area contributed by atoms with Crippen LogP contribution in [0.3, 0.4) is 0 Å². The molecule has 1 fully saturated rings. The lowest BCUT2D eigenvalue weighted by Crippen LogP contribution is -2.49. The van der Waals surface area contributed by atoms with Gasteiger partial charge in [0.25, 0.3) is 0 Å². The van der Waals surface area contributed by atoms with Crippen molar-refractivity contribution in [2.24, 2.45) is 0 Å². The summed E-state index contributed by atoms with van der Waals surface area (Å²) in [6, 6.07) is 5.57. The zero-order chi connectivity index (χ0) is 12.3. The molecule has 0 aliphatic carbocycles. The van der Waals surface area contributed by atoms with Crippen molar-refractivity contribution in [2.75, 3.05) is 26.7 Å². The molecule has 1 aromatic carbocycles. The van der Waals surface area contributed by atoms with E-state index in [2.05, 4.69) is 17.1 Å². The van der Waals surface area contributed by atoms with Crippen LogP contribution in [0.5, 0.6) is 5.75 Å². The fraction of sp³-hybridized carbons (Fsp3) is 0.538. The van der Waals surface area contributed by atoms with Crippen LogP contribution in [-0.2, 0) is 6.54 Å². The van der Waals surface area contributed by atoms with Gasteiger partial charge in [-0.3, -0.25) is 4.90 Å². The molecule has 1 saturated heterocycles. The molecule has 17 heavy (non-hydrogen) atoms. The highest BCUT2D eigenvalue weighted by Gasteiger charge is 2.20. The summed E-state index contributed by atoms with van der Waals surface area (Å²) in [6.07, 6.45) is 0. The zero-order valence-electron chi connectivity index (χ0n) is 10.4. The van der Waals surface area contributed by atoms with Gasteiger partial charge in [-0.15, -0.1) is 0 Å². The van der Waals surface area contributed by atoms with Crippen LogP contribution in [0.1, 0.15) is 12.5 Å². The van der Waals surface area contributed by atoms with Crippen molar-refractivity contribution >= 4 is 0 Å². The highest BCUT2D eigenvalue weighted by molar-refractivity contribution is 5.34. The van der Waals surface area contributed by atoms with Gasteiger partial charge in [-0.1, -0.05) is 12.1 Å². The first-order valence-corrected chi connectivity index (χ1v) is 5.98. The number of ether oxygens (including phenoxy) is 1. The fourth-order valence-corrected chi connectivity index (χ4v) is 2.24. The van der Waals surface area contributed by atoms with Gasteiger partial charge >= 0.3 is 0 Å². The van der Waals surface area contributed by atoms with E-state index in [1.165, 1.54) is 13.2 Å². The summed E-state index contributed by atoms with van der Waals surface area (Å²) < 4.78 is 18.7. The Labute approximate surface area is 102 Å². The Balaban J connectivity index is 2.14. The van der Waals surface area contributed by atoms with Gasteiger partial charge in [0.15, 0.2) is 11.6 Å². The molecule has 0 spiro atoms. The molecular formula is C13H19FN2O. The quantitative estimate of drug-likeness (QED) is 0.866. The third-order valence-electron chi connectivity index (χ3n) is 3.26. The minimum atomic E-state index is -0.284. The lowest BCUT2D eigenvalue weighted by Gasteiger charge is -2.34. The SMILES string of the molecule is COc1c(F)cccc1CN1CCNCC1C. The smallest absolute Gasteiger partial charge is 0.165 e. The zero-order valence-corrected chi connectivity index (χ0v) is 10.4. The van der Waals surface area contributed by atoms with Gasteiger partial charge in [0, 0.05) is 37.8 Å². The predicted octanol–water partition coefficient (Wildman–Crippen LogP) is 1.63. The molecular weight excluding hydrogens is 219 g/mol. The monoisotopic (exact) mass is 238 g/mol. The number of methoxy groups -OCH3 is 1. The Kier molecular flexibility index (Phi) is 3.97. The molecule has 0 bridgehead atoms. The van der Waals surface area contributed by atoms with Crippen molar-refractivity contribution in [3.8, 4) is 5.75 Å². The number of hydrogen-bond acceptors (Lipinski definition) is 3. The van der Waals surface area contributed by atoms with E-state index in [-0.39, 0.29) is 5.82 Å². The molecule has 0 aromatic heterocycles. The van der Waals surface area contributed by atoms with Crippen LogP contribution in [0.4, 0.5) is 4.39 Å². The lowest BCUT2D eigenvalue weighted by atomic mass is 10.1. The van der Waals surface area contributed by atoms with E-state index in [0.29, 0.717) is 11.8 Å². The van der Waals surface area contributed by atoms with Gasteiger partial charge in [0.1, 0.15) is 0 Å². The van der Waals surface area contributed by atoms with E-state index in [9.17, 15) is 4.39 Å². The second-order valence-electron chi connectivity index (χ2n) is 4.46. The van der Waals surface area contributed by atoms with Crippen LogP contribution >= 0.6 is 0 Å². The summed E-state index contributed by atoms with van der Waals surface area (Å²) in [5.74, 6) is 0.0889. The maximum atomic E-state index is 13.5. The van der Waals surface area contributed by atoms with Crippen molar-refractivity contribution < 1.29 is 9.13 Å². The molecule has 1 unspecified atom stereocenters. The summed E-state index contributed by atoms with van der Waals surface area (Å²) in [4.78, 5) is 2.34. The van der Waals surface area contributed by atoms with Crippen LogP contribution in [0.15, 0.2) is 18.2 Å². The maximum absolute atomic E-state index is 13.5. The van der Waals surface area contributed by atoms with Crippen molar-refractivity contribution in [2.45, 2.75) is 19.5 Å². The molecule has 1 aromatic rings. The molecule has 94 valence electrons. The van der Waals surface area contributed by atoms with E-state index in [1.807, 2.05) is 6.07 Å². The Morgan fingerprint density at radius 3 is 3.06 bits per heavy atom. The van der Waals surface area contributed by atoms with Gasteiger partial charge in [-0.05, 0) is 13.0 Å². The predicted molar refractivity (Wildman–Crippen MR) is 65.7 cm³/mol. The Morgan fingerprint density at radius 2 is 2.35 bits per heavy atom. The molecule has 3 nitrogen and oxygen atoms in total. The van der Waals surface area contributed by atoms with Crippen LogP contribution in [-0.4, -0.2) is 37.7 Å². The first kappa shape index (κ1) is 12.3. The topological polar surface area (TPSA) is 24.5 Å². The number of piperazine rings is 1. The van der Waals surface area contributed by atoms with Crippen molar-refractivity contribution in [1.29, 1.82) is 0 Å². The van der Waals surface area contributed by atoms with E-state index in [0.717, 1.165) is 31.7 Å². The Bertz CT molecular complexity index is 384. The number of benzene rings is 1. The molecule has 1 aliphatic heterocycles. The molecule has 2 rings (SSSR count). The average Bonchev–Trinajstić information content (AvgIpc) is 2.32. The molecule has 1 N–H and O–H groups in total. The van der Waals surface area contributed by atoms with E-state index in [1.54, 1.807) is 6.07 Å². The highest BCUT2D eigenvalue weighted by Crippen LogP contribution is 2.24. The third-order valence-corrected chi connectivity index (χ3v) is 3.26. The Morgan fingerprint density at radius 1 is 1.53 bits per heavy atom. The minimum absolute atomic E-state index is 0.284. The summed E-state index contributed by atoms with van der Waals surface area (Å²) in [6.45, 7) is 5.88. The number of nitrogens with one attached hydrogen (secondary N) is 1. The second kappa shape index (κ2) is 5.47. The number of hydrogen-bond donors (Lipinski definition) is 1. The van der Waals surface area contributed by atoms with Gasteiger partial charge < -0.3 is 10.1 Å². The van der Waals surface area contributed by atoms with Gasteiger partial charge in [0.2, 0.25) is 0 Å². The lowest BCUT2D eigenvalue weighted by molar-refractivity contribution is 0.163. The van der Waals surface area contributed by atoms with Crippen LogP contribution in [0.25, 0.3) is 0 Å². The molecule has 0 radical (unpaired) electrons. The second-order valence-corrected chi connectivity index (χ2v) is 4.46. The summed E-state index contributed by atoms with van der Waals surface area (Å²) in [5.41, 5.74) is 0.918. The summed E-state index contributed by atoms with van der Waals surface area (Å²) >= 11 is 0. The first-order valence-electron chi connectivity index (χ1n) is 5.98. The highest BCUT2D eigenvalue weighted by atomic mass is 19.1. The number of para-hydroxylation sites is 1. The summed E-state index contributed by atoms with van der Waals surface area (Å²) in [7, 11) is 1.52. The molecule has 0 saturated carbocycles. The molecule has 1 aliphatic rings. The van der Waals surface area contributed by atoms with Crippen molar-refractivity contribution in [1.82, 2.24) is 10.2 Å². The van der Waals surface area contributed by atoms with Gasteiger partial charge in [-0.2, -0.15) is 0 Å². The average molecular weight is 238 g/mol. The standard InChI is InChI=1S/C13H19FN2O/c1-10-8-15-6-7-16(10)9-11-4-3-5-12(14)13(11)17-2/h3-5,10,15H,6-9H2,1-2H3. The van der Waals surface area contributed by atoms with E-state index >= 15 is 0 Å². The maximum Gasteiger partial charge on any atom is 0.165 e. The molecule has 1 atom stereocenters. The van der Waals surface area contributed by atoms with Crippen LogP contribution in [0.2, 0.25) is 0 Å². The Hall–Kier alpha value is -1.13. The molecule has 4 heteroatoms. The third kappa shape index (κ3) is 2.76. The van der Waals surface area contributed by atoms with E-state index < -0.39 is 0 Å². The molecule has 0 amide bonds. The van der Waals surface area contributed by atoms with Gasteiger partial charge in [0.05, 0.1) is 7.11 Å². The van der Waals surface area contributed by atoms with Crippen LogP contribution in [0, 0.1) is 5.82 Å². The van der Waals surface area contributed by atoms with Crippen molar-refractivity contribution in [3.63, 3.8) is 0 Å². The first-order chi connectivity index (χ1) is 8.22. The molecule has 1 heterocycles. The number of rotatable bonds is 3.